The molecule has 0 aliphatic carbocycles. The third-order valence-electron chi connectivity index (χ3n) is 1.64. The van der Waals surface area contributed by atoms with E-state index in [2.05, 4.69) is 0 Å². The number of halogens is 2. The fraction of sp³-hybridized carbons (Fsp3) is 0.111. The van der Waals surface area contributed by atoms with Crippen molar-refractivity contribution in [1.82, 2.24) is 0 Å². The third-order valence-corrected chi connectivity index (χ3v) is 2.16. The van der Waals surface area contributed by atoms with Gasteiger partial charge in [0.2, 0.25) is 0 Å². The van der Waals surface area contributed by atoms with Crippen molar-refractivity contribution < 1.29 is 9.90 Å². The van der Waals surface area contributed by atoms with Gasteiger partial charge < -0.3 is 10.8 Å². The number of nitrogens with two attached hydrogens (primary N) is 1. The van der Waals surface area contributed by atoms with Gasteiger partial charge in [0.1, 0.15) is 0 Å². The topological polar surface area (TPSA) is 63.3 Å². The molecule has 0 fully saturated rings. The monoisotopic (exact) mass is 232 g/mol. The van der Waals surface area contributed by atoms with Crippen LogP contribution in [0.1, 0.15) is 15.9 Å². The van der Waals surface area contributed by atoms with E-state index in [1.165, 1.54) is 18.6 Å². The normalized spacial score (nSPS) is 10.2. The van der Waals surface area contributed by atoms with Gasteiger partial charge in [-0.2, -0.15) is 0 Å². The highest BCUT2D eigenvalue weighted by molar-refractivity contribution is 6.37. The van der Waals surface area contributed by atoms with Crippen LogP contribution in [0.3, 0.4) is 0 Å². The van der Waals surface area contributed by atoms with Crippen LogP contribution in [0.2, 0.25) is 10.0 Å². The number of aliphatic hydroxyl groups is 1. The van der Waals surface area contributed by atoms with Gasteiger partial charge in [0.15, 0.2) is 0 Å². The van der Waals surface area contributed by atoms with Crippen LogP contribution in [0.4, 0.5) is 0 Å². The zero-order chi connectivity index (χ0) is 10.7. The Labute approximate surface area is 91.4 Å². The van der Waals surface area contributed by atoms with E-state index in [1.807, 2.05) is 0 Å². The van der Waals surface area contributed by atoms with E-state index in [9.17, 15) is 4.79 Å². The van der Waals surface area contributed by atoms with Crippen molar-refractivity contribution in [2.24, 2.45) is 5.73 Å². The molecule has 0 bridgehead atoms. The molecule has 0 aliphatic heterocycles. The maximum absolute atomic E-state index is 11.0. The Morgan fingerprint density at radius 2 is 2.14 bits per heavy atom. The number of carbonyl (C=O) groups excluding carboxylic acids is 1. The lowest BCUT2D eigenvalue weighted by atomic mass is 10.0. The molecule has 75 valence electrons. The summed E-state index contributed by atoms with van der Waals surface area (Å²) in [5, 5.41) is 9.29. The van der Waals surface area contributed by atoms with Crippen LogP contribution in [0.25, 0.3) is 0 Å². The van der Waals surface area contributed by atoms with Crippen LogP contribution in [0, 0.1) is 6.42 Å². The van der Waals surface area contributed by atoms with Crippen LogP contribution in [0.15, 0.2) is 12.1 Å². The van der Waals surface area contributed by atoms with Gasteiger partial charge in [0, 0.05) is 11.4 Å². The SMILES string of the molecule is NC(=O)c1c(Cl)cc(Cl)cc1[CH]CO. The van der Waals surface area contributed by atoms with Crippen LogP contribution < -0.4 is 5.73 Å². The highest BCUT2D eigenvalue weighted by atomic mass is 35.5. The minimum absolute atomic E-state index is 0.171. The maximum Gasteiger partial charge on any atom is 0.250 e. The summed E-state index contributed by atoms with van der Waals surface area (Å²) in [7, 11) is 0. The summed E-state index contributed by atoms with van der Waals surface area (Å²) in [6.45, 7) is -0.211. The van der Waals surface area contributed by atoms with Gasteiger partial charge in [0.05, 0.1) is 17.2 Å². The Kier molecular flexibility index (Phi) is 3.75. The Morgan fingerprint density at radius 3 is 2.64 bits per heavy atom. The Balaban J connectivity index is 3.28. The van der Waals surface area contributed by atoms with Crippen molar-refractivity contribution in [2.45, 2.75) is 0 Å². The van der Waals surface area contributed by atoms with Crippen molar-refractivity contribution >= 4 is 29.1 Å². The quantitative estimate of drug-likeness (QED) is 0.833. The first-order chi connectivity index (χ1) is 6.56. The van der Waals surface area contributed by atoms with Gasteiger partial charge in [0.25, 0.3) is 5.91 Å². The minimum Gasteiger partial charge on any atom is -0.396 e. The largest absolute Gasteiger partial charge is 0.396 e. The fourth-order valence-electron chi connectivity index (χ4n) is 1.11. The van der Waals surface area contributed by atoms with Crippen molar-refractivity contribution in [3.8, 4) is 0 Å². The molecule has 0 saturated carbocycles. The highest BCUT2D eigenvalue weighted by Gasteiger charge is 2.13. The summed E-state index contributed by atoms with van der Waals surface area (Å²) < 4.78 is 0. The number of aliphatic hydroxyl groups excluding tert-OH is 1. The lowest BCUT2D eigenvalue weighted by Gasteiger charge is -2.07. The molecule has 0 heterocycles. The second-order valence-electron chi connectivity index (χ2n) is 2.60. The van der Waals surface area contributed by atoms with Gasteiger partial charge in [-0.05, 0) is 17.7 Å². The van der Waals surface area contributed by atoms with Gasteiger partial charge in [-0.1, -0.05) is 23.2 Å². The van der Waals surface area contributed by atoms with Crippen molar-refractivity contribution in [3.63, 3.8) is 0 Å². The van der Waals surface area contributed by atoms with Gasteiger partial charge >= 0.3 is 0 Å². The predicted molar refractivity (Wildman–Crippen MR) is 55.5 cm³/mol. The van der Waals surface area contributed by atoms with Crippen molar-refractivity contribution in [2.75, 3.05) is 6.61 Å². The smallest absolute Gasteiger partial charge is 0.250 e. The molecule has 3 nitrogen and oxygen atoms in total. The number of amides is 1. The fourth-order valence-corrected chi connectivity index (χ4v) is 1.72. The number of rotatable bonds is 3. The molecule has 1 amide bonds. The summed E-state index contributed by atoms with van der Waals surface area (Å²) >= 11 is 11.5. The first-order valence-corrected chi connectivity index (χ1v) is 4.54. The summed E-state index contributed by atoms with van der Waals surface area (Å²) in [5.74, 6) is -0.647. The van der Waals surface area contributed by atoms with E-state index in [0.717, 1.165) is 0 Å². The molecule has 3 N–H and O–H groups in total. The molecule has 1 rings (SSSR count). The third kappa shape index (κ3) is 2.38. The minimum atomic E-state index is -0.647. The van der Waals surface area contributed by atoms with Gasteiger partial charge in [-0.15, -0.1) is 0 Å². The van der Waals surface area contributed by atoms with E-state index < -0.39 is 5.91 Å². The Morgan fingerprint density at radius 1 is 1.50 bits per heavy atom. The standard InChI is InChI=1S/C9H8Cl2NO2/c10-6-3-5(1-2-13)8(9(12)14)7(11)4-6/h1,3-4,13H,2H2,(H2,12,14). The van der Waals surface area contributed by atoms with E-state index in [0.29, 0.717) is 10.6 Å². The molecule has 0 spiro atoms. The average Bonchev–Trinajstić information content (AvgIpc) is 2.01. The molecule has 0 atom stereocenters. The van der Waals surface area contributed by atoms with Crippen LogP contribution >= 0.6 is 23.2 Å². The van der Waals surface area contributed by atoms with Crippen LogP contribution in [-0.4, -0.2) is 17.6 Å². The highest BCUT2D eigenvalue weighted by Crippen LogP contribution is 2.25. The van der Waals surface area contributed by atoms with Crippen molar-refractivity contribution in [3.05, 3.63) is 39.7 Å². The van der Waals surface area contributed by atoms with Gasteiger partial charge in [-0.3, -0.25) is 4.79 Å². The van der Waals surface area contributed by atoms with Gasteiger partial charge in [-0.25, -0.2) is 0 Å². The molecular formula is C9H8Cl2NO2. The maximum atomic E-state index is 11.0. The van der Waals surface area contributed by atoms with Crippen LogP contribution in [-0.2, 0) is 0 Å². The van der Waals surface area contributed by atoms with E-state index in [-0.39, 0.29) is 17.2 Å². The zero-order valence-electron chi connectivity index (χ0n) is 7.13. The molecule has 0 saturated heterocycles. The molecule has 1 aromatic carbocycles. The number of benzene rings is 1. The van der Waals surface area contributed by atoms with E-state index in [4.69, 9.17) is 34.0 Å². The molecule has 0 aliphatic rings. The number of carbonyl (C=O) groups is 1. The zero-order valence-corrected chi connectivity index (χ0v) is 8.64. The molecule has 0 aromatic heterocycles. The lowest BCUT2D eigenvalue weighted by Crippen LogP contribution is -2.14. The van der Waals surface area contributed by atoms with Crippen molar-refractivity contribution in [1.29, 1.82) is 0 Å². The Bertz CT molecular complexity index is 366. The van der Waals surface area contributed by atoms with Crippen LogP contribution in [0.5, 0.6) is 0 Å². The number of hydrogen-bond donors (Lipinski definition) is 2. The molecule has 14 heavy (non-hydrogen) atoms. The lowest BCUT2D eigenvalue weighted by molar-refractivity contribution is 0.1000. The second kappa shape index (κ2) is 4.64. The first kappa shape index (κ1) is 11.3. The number of primary amides is 1. The number of hydrogen-bond acceptors (Lipinski definition) is 2. The summed E-state index contributed by atoms with van der Waals surface area (Å²) in [6, 6.07) is 2.95. The molecular weight excluding hydrogens is 225 g/mol. The second-order valence-corrected chi connectivity index (χ2v) is 3.45. The van der Waals surface area contributed by atoms with E-state index >= 15 is 0 Å². The first-order valence-electron chi connectivity index (χ1n) is 3.79. The van der Waals surface area contributed by atoms with E-state index in [1.54, 1.807) is 0 Å². The summed E-state index contributed by atoms with van der Waals surface area (Å²) in [6.07, 6.45) is 1.41. The predicted octanol–water partition coefficient (Wildman–Crippen LogP) is 1.64. The molecule has 0 unspecified atom stereocenters. The summed E-state index contributed by atoms with van der Waals surface area (Å²) in [5.41, 5.74) is 5.74. The summed E-state index contributed by atoms with van der Waals surface area (Å²) in [4.78, 5) is 11.0. The molecule has 5 heteroatoms. The molecule has 1 radical (unpaired) electrons. The average molecular weight is 233 g/mol. The molecule has 1 aromatic rings. The Hall–Kier alpha value is -0.770.